The van der Waals surface area contributed by atoms with Crippen LogP contribution in [0.25, 0.3) is 0 Å². The lowest BCUT2D eigenvalue weighted by Crippen LogP contribution is -2.44. The SMILES string of the molecule is COC1CN(C(C)C)CC1NC(=O)c1cccnc1SC. The summed E-state index contributed by atoms with van der Waals surface area (Å²) in [7, 11) is 1.70. The molecular formula is C15H23N3O2S. The number of thioether (sulfide) groups is 1. The molecule has 1 aromatic heterocycles. The number of aromatic nitrogens is 1. The van der Waals surface area contributed by atoms with E-state index in [1.807, 2.05) is 12.3 Å². The first-order valence-electron chi connectivity index (χ1n) is 7.13. The standard InChI is InChI=1S/C15H23N3O2S/c1-10(2)18-8-12(13(9-18)20-3)17-14(19)11-6-5-7-16-15(11)21-4/h5-7,10,12-13H,8-9H2,1-4H3,(H,17,19). The topological polar surface area (TPSA) is 54.5 Å². The Bertz CT molecular complexity index is 496. The number of amides is 1. The van der Waals surface area contributed by atoms with Crippen molar-refractivity contribution in [2.45, 2.75) is 37.1 Å². The Morgan fingerprint density at radius 3 is 2.90 bits per heavy atom. The molecule has 6 heteroatoms. The third kappa shape index (κ3) is 3.75. The third-order valence-corrected chi connectivity index (χ3v) is 4.57. The number of likely N-dealkylation sites (tertiary alicyclic amines) is 1. The molecule has 1 N–H and O–H groups in total. The Hall–Kier alpha value is -1.11. The normalized spacial score (nSPS) is 22.7. The van der Waals surface area contributed by atoms with Gasteiger partial charge < -0.3 is 10.1 Å². The molecule has 2 atom stereocenters. The summed E-state index contributed by atoms with van der Waals surface area (Å²) in [5, 5.41) is 3.85. The molecule has 0 saturated carbocycles. The van der Waals surface area contributed by atoms with E-state index in [2.05, 4.69) is 29.0 Å². The zero-order chi connectivity index (χ0) is 15.4. The van der Waals surface area contributed by atoms with Crippen LogP contribution in [0.15, 0.2) is 23.4 Å². The van der Waals surface area contributed by atoms with E-state index in [0.29, 0.717) is 11.6 Å². The van der Waals surface area contributed by atoms with Crippen LogP contribution in [0.5, 0.6) is 0 Å². The number of ether oxygens (including phenoxy) is 1. The molecular weight excluding hydrogens is 286 g/mol. The number of carbonyl (C=O) groups excluding carboxylic acids is 1. The summed E-state index contributed by atoms with van der Waals surface area (Å²) in [6, 6.07) is 4.06. The first-order valence-corrected chi connectivity index (χ1v) is 8.36. The number of rotatable bonds is 5. The molecule has 2 rings (SSSR count). The van der Waals surface area contributed by atoms with Crippen LogP contribution in [0.2, 0.25) is 0 Å². The molecule has 1 fully saturated rings. The highest BCUT2D eigenvalue weighted by Crippen LogP contribution is 2.19. The van der Waals surface area contributed by atoms with E-state index < -0.39 is 0 Å². The summed E-state index contributed by atoms with van der Waals surface area (Å²) in [5.74, 6) is -0.0786. The van der Waals surface area contributed by atoms with Crippen LogP contribution in [-0.4, -0.2) is 60.4 Å². The molecule has 116 valence electrons. The monoisotopic (exact) mass is 309 g/mol. The second-order valence-corrected chi connectivity index (χ2v) is 6.26. The molecule has 0 aromatic carbocycles. The van der Waals surface area contributed by atoms with Gasteiger partial charge in [0.1, 0.15) is 5.03 Å². The molecule has 0 aliphatic carbocycles. The zero-order valence-corrected chi connectivity index (χ0v) is 13.8. The summed E-state index contributed by atoms with van der Waals surface area (Å²) in [4.78, 5) is 19.0. The van der Waals surface area contributed by atoms with Crippen molar-refractivity contribution in [3.63, 3.8) is 0 Å². The molecule has 2 unspecified atom stereocenters. The quantitative estimate of drug-likeness (QED) is 0.838. The van der Waals surface area contributed by atoms with E-state index in [4.69, 9.17) is 4.74 Å². The Morgan fingerprint density at radius 2 is 2.29 bits per heavy atom. The molecule has 1 saturated heterocycles. The van der Waals surface area contributed by atoms with Gasteiger partial charge in [-0.15, -0.1) is 11.8 Å². The fourth-order valence-electron chi connectivity index (χ4n) is 2.57. The Labute approximate surface area is 130 Å². The van der Waals surface area contributed by atoms with Crippen LogP contribution in [0.4, 0.5) is 0 Å². The van der Waals surface area contributed by atoms with Crippen LogP contribution < -0.4 is 5.32 Å². The van der Waals surface area contributed by atoms with Gasteiger partial charge in [0.15, 0.2) is 0 Å². The number of pyridine rings is 1. The van der Waals surface area contributed by atoms with E-state index in [-0.39, 0.29) is 18.1 Å². The largest absolute Gasteiger partial charge is 0.378 e. The minimum atomic E-state index is -0.0786. The first kappa shape index (κ1) is 16.3. The maximum absolute atomic E-state index is 12.5. The van der Waals surface area contributed by atoms with Gasteiger partial charge in [0.25, 0.3) is 5.91 Å². The minimum Gasteiger partial charge on any atom is -0.378 e. The molecule has 2 heterocycles. The lowest BCUT2D eigenvalue weighted by atomic mass is 10.2. The van der Waals surface area contributed by atoms with Crippen molar-refractivity contribution >= 4 is 17.7 Å². The van der Waals surface area contributed by atoms with Crippen LogP contribution in [0, 0.1) is 0 Å². The molecule has 5 nitrogen and oxygen atoms in total. The van der Waals surface area contributed by atoms with E-state index in [9.17, 15) is 4.79 Å². The van der Waals surface area contributed by atoms with E-state index in [1.165, 1.54) is 11.8 Å². The van der Waals surface area contributed by atoms with Gasteiger partial charge in [-0.1, -0.05) is 0 Å². The van der Waals surface area contributed by atoms with Crippen molar-refractivity contribution in [2.75, 3.05) is 26.5 Å². The second kappa shape index (κ2) is 7.24. The molecule has 1 aromatic rings. The Balaban J connectivity index is 2.08. The van der Waals surface area contributed by atoms with E-state index >= 15 is 0 Å². The number of hydrogen-bond donors (Lipinski definition) is 1. The Morgan fingerprint density at radius 1 is 1.52 bits per heavy atom. The predicted molar refractivity (Wildman–Crippen MR) is 84.8 cm³/mol. The molecule has 1 aliphatic heterocycles. The van der Waals surface area contributed by atoms with E-state index in [0.717, 1.165) is 18.1 Å². The highest BCUT2D eigenvalue weighted by Gasteiger charge is 2.35. The summed E-state index contributed by atoms with van der Waals surface area (Å²) in [6.45, 7) is 5.98. The van der Waals surface area contributed by atoms with Crippen LogP contribution in [-0.2, 0) is 4.74 Å². The number of nitrogens with zero attached hydrogens (tertiary/aromatic N) is 2. The van der Waals surface area contributed by atoms with Crippen molar-refractivity contribution in [2.24, 2.45) is 0 Å². The number of methoxy groups -OCH3 is 1. The first-order chi connectivity index (χ1) is 10.1. The van der Waals surface area contributed by atoms with Gasteiger partial charge in [0.05, 0.1) is 17.7 Å². The van der Waals surface area contributed by atoms with Gasteiger partial charge in [-0.05, 0) is 32.2 Å². The summed E-state index contributed by atoms with van der Waals surface area (Å²) < 4.78 is 5.52. The van der Waals surface area contributed by atoms with Gasteiger partial charge in [-0.2, -0.15) is 0 Å². The van der Waals surface area contributed by atoms with E-state index in [1.54, 1.807) is 19.4 Å². The molecule has 1 aliphatic rings. The van der Waals surface area contributed by atoms with Crippen molar-refractivity contribution in [3.8, 4) is 0 Å². The Kier molecular flexibility index (Phi) is 5.61. The fourth-order valence-corrected chi connectivity index (χ4v) is 3.12. The second-order valence-electron chi connectivity index (χ2n) is 5.46. The van der Waals surface area contributed by atoms with Crippen molar-refractivity contribution < 1.29 is 9.53 Å². The number of nitrogens with one attached hydrogen (secondary N) is 1. The molecule has 21 heavy (non-hydrogen) atoms. The average Bonchev–Trinajstić information content (AvgIpc) is 2.90. The van der Waals surface area contributed by atoms with Gasteiger partial charge >= 0.3 is 0 Å². The predicted octanol–water partition coefficient (Wildman–Crippen LogP) is 1.64. The highest BCUT2D eigenvalue weighted by atomic mass is 32.2. The van der Waals surface area contributed by atoms with Gasteiger partial charge in [-0.25, -0.2) is 4.98 Å². The summed E-state index contributed by atoms with van der Waals surface area (Å²) >= 11 is 1.48. The van der Waals surface area contributed by atoms with Gasteiger partial charge in [-0.3, -0.25) is 9.69 Å². The third-order valence-electron chi connectivity index (χ3n) is 3.85. The maximum atomic E-state index is 12.5. The zero-order valence-electron chi connectivity index (χ0n) is 13.0. The number of hydrogen-bond acceptors (Lipinski definition) is 5. The maximum Gasteiger partial charge on any atom is 0.254 e. The smallest absolute Gasteiger partial charge is 0.254 e. The molecule has 1 amide bonds. The highest BCUT2D eigenvalue weighted by molar-refractivity contribution is 7.98. The molecule has 0 bridgehead atoms. The minimum absolute atomic E-state index is 0.0137. The van der Waals surface area contributed by atoms with Gasteiger partial charge in [0.2, 0.25) is 0 Å². The molecule has 0 radical (unpaired) electrons. The molecule has 0 spiro atoms. The summed E-state index contributed by atoms with van der Waals surface area (Å²) in [5.41, 5.74) is 0.628. The van der Waals surface area contributed by atoms with Gasteiger partial charge in [0, 0.05) is 32.4 Å². The van der Waals surface area contributed by atoms with Crippen LogP contribution in [0.3, 0.4) is 0 Å². The lowest BCUT2D eigenvalue weighted by Gasteiger charge is -2.20. The average molecular weight is 309 g/mol. The van der Waals surface area contributed by atoms with Crippen LogP contribution >= 0.6 is 11.8 Å². The lowest BCUT2D eigenvalue weighted by molar-refractivity contribution is 0.0751. The summed E-state index contributed by atoms with van der Waals surface area (Å²) in [6.07, 6.45) is 3.66. The van der Waals surface area contributed by atoms with Crippen LogP contribution in [0.1, 0.15) is 24.2 Å². The fraction of sp³-hybridized carbons (Fsp3) is 0.600. The van der Waals surface area contributed by atoms with Crippen molar-refractivity contribution in [3.05, 3.63) is 23.9 Å². The van der Waals surface area contributed by atoms with Crippen molar-refractivity contribution in [1.29, 1.82) is 0 Å². The van der Waals surface area contributed by atoms with Crippen molar-refractivity contribution in [1.82, 2.24) is 15.2 Å². The number of carbonyl (C=O) groups is 1.